The van der Waals surface area contributed by atoms with Gasteiger partial charge in [-0.15, -0.1) is 0 Å². The van der Waals surface area contributed by atoms with Crippen molar-refractivity contribution < 1.29 is 12.8 Å². The van der Waals surface area contributed by atoms with Crippen LogP contribution in [0, 0.1) is 0 Å². The molecule has 130 valence electrons. The summed E-state index contributed by atoms with van der Waals surface area (Å²) < 4.78 is 32.7. The molecule has 1 heterocycles. The number of fused-ring (bicyclic) bond motifs is 1. The van der Waals surface area contributed by atoms with Crippen molar-refractivity contribution in [1.29, 1.82) is 0 Å². The first-order valence-corrected chi connectivity index (χ1v) is 9.31. The third-order valence-electron chi connectivity index (χ3n) is 3.90. The number of sulfonamides is 1. The van der Waals surface area contributed by atoms with Gasteiger partial charge in [0.2, 0.25) is 0 Å². The summed E-state index contributed by atoms with van der Waals surface area (Å²) >= 11 is 0. The molecule has 0 atom stereocenters. The Kier molecular flexibility index (Phi) is 4.16. The summed E-state index contributed by atoms with van der Waals surface area (Å²) in [6.45, 7) is 6.21. The molecule has 1 aromatic heterocycles. The standard InChI is InChI=1S/C19H19NO4S/c1-19(2,3)14-5-8-16(9-6-14)25(22,23)20-15-7-10-17-13(12-15)4-11-18(21)24-17/h4-12,20H,1-3H3. The number of rotatable bonds is 3. The minimum atomic E-state index is -3.69. The van der Waals surface area contributed by atoms with Crippen LogP contribution in [0.5, 0.6) is 0 Å². The summed E-state index contributed by atoms with van der Waals surface area (Å²) in [5.74, 6) is 0. The molecule has 0 aliphatic heterocycles. The van der Waals surface area contributed by atoms with Crippen molar-refractivity contribution in [2.45, 2.75) is 31.1 Å². The maximum atomic E-state index is 12.6. The lowest BCUT2D eigenvalue weighted by Gasteiger charge is -2.19. The molecule has 0 radical (unpaired) electrons. The first kappa shape index (κ1) is 17.2. The highest BCUT2D eigenvalue weighted by molar-refractivity contribution is 7.92. The molecule has 0 bridgehead atoms. The van der Waals surface area contributed by atoms with Gasteiger partial charge in [0.1, 0.15) is 5.58 Å². The predicted molar refractivity (Wildman–Crippen MR) is 98.4 cm³/mol. The lowest BCUT2D eigenvalue weighted by molar-refractivity contribution is 0.561. The van der Waals surface area contributed by atoms with Crippen LogP contribution in [0.1, 0.15) is 26.3 Å². The molecule has 0 aliphatic carbocycles. The van der Waals surface area contributed by atoms with Crippen LogP contribution in [0.2, 0.25) is 0 Å². The first-order valence-electron chi connectivity index (χ1n) is 7.82. The van der Waals surface area contributed by atoms with E-state index in [-0.39, 0.29) is 10.3 Å². The lowest BCUT2D eigenvalue weighted by atomic mass is 9.87. The maximum absolute atomic E-state index is 12.6. The summed E-state index contributed by atoms with van der Waals surface area (Å²) in [6.07, 6.45) is 0. The Hall–Kier alpha value is -2.60. The van der Waals surface area contributed by atoms with Crippen LogP contribution in [-0.2, 0) is 15.4 Å². The summed E-state index contributed by atoms with van der Waals surface area (Å²) in [5.41, 5.74) is 1.39. The van der Waals surface area contributed by atoms with Crippen LogP contribution < -0.4 is 10.3 Å². The van der Waals surface area contributed by atoms with E-state index >= 15 is 0 Å². The van der Waals surface area contributed by atoms with Crippen LogP contribution in [0.3, 0.4) is 0 Å². The molecule has 0 amide bonds. The summed E-state index contributed by atoms with van der Waals surface area (Å²) in [5, 5.41) is 0.642. The van der Waals surface area contributed by atoms with Gasteiger partial charge in [0.25, 0.3) is 10.0 Å². The van der Waals surface area contributed by atoms with Crippen molar-refractivity contribution in [2.75, 3.05) is 4.72 Å². The number of benzene rings is 2. The topological polar surface area (TPSA) is 76.4 Å². The normalized spacial score (nSPS) is 12.3. The Bertz CT molecular complexity index is 1070. The van der Waals surface area contributed by atoms with E-state index in [9.17, 15) is 13.2 Å². The molecule has 0 unspecified atom stereocenters. The van der Waals surface area contributed by atoms with Gasteiger partial charge in [-0.3, -0.25) is 4.72 Å². The summed E-state index contributed by atoms with van der Waals surface area (Å²) in [4.78, 5) is 11.4. The minimum absolute atomic E-state index is 0.0437. The third-order valence-corrected chi connectivity index (χ3v) is 5.30. The number of hydrogen-bond acceptors (Lipinski definition) is 4. The molecule has 3 aromatic rings. The molecule has 3 rings (SSSR count). The van der Waals surface area contributed by atoms with Gasteiger partial charge in [-0.2, -0.15) is 0 Å². The second kappa shape index (κ2) is 6.04. The second-order valence-corrected chi connectivity index (χ2v) is 8.57. The van der Waals surface area contributed by atoms with Crippen molar-refractivity contribution in [2.24, 2.45) is 0 Å². The molecule has 6 heteroatoms. The fourth-order valence-electron chi connectivity index (χ4n) is 2.48. The molecule has 25 heavy (non-hydrogen) atoms. The largest absolute Gasteiger partial charge is 0.423 e. The zero-order valence-corrected chi connectivity index (χ0v) is 15.1. The molecule has 2 aromatic carbocycles. The van der Waals surface area contributed by atoms with Gasteiger partial charge in [-0.1, -0.05) is 32.9 Å². The quantitative estimate of drug-likeness (QED) is 0.722. The molecular weight excluding hydrogens is 338 g/mol. The molecule has 1 N–H and O–H groups in total. The Morgan fingerprint density at radius 1 is 0.920 bits per heavy atom. The number of hydrogen-bond donors (Lipinski definition) is 1. The van der Waals surface area contributed by atoms with E-state index in [1.807, 2.05) is 12.1 Å². The Morgan fingerprint density at radius 2 is 1.60 bits per heavy atom. The zero-order valence-electron chi connectivity index (χ0n) is 14.2. The van der Waals surface area contributed by atoms with Crippen molar-refractivity contribution >= 4 is 26.7 Å². The minimum Gasteiger partial charge on any atom is -0.423 e. The van der Waals surface area contributed by atoms with E-state index in [0.29, 0.717) is 16.7 Å². The first-order chi connectivity index (χ1) is 11.6. The molecule has 5 nitrogen and oxygen atoms in total. The van der Waals surface area contributed by atoms with Gasteiger partial charge in [0, 0.05) is 17.1 Å². The average molecular weight is 357 g/mol. The van der Waals surface area contributed by atoms with E-state index in [2.05, 4.69) is 25.5 Å². The van der Waals surface area contributed by atoms with Gasteiger partial charge in [0.05, 0.1) is 4.90 Å². The fourth-order valence-corrected chi connectivity index (χ4v) is 3.53. The van der Waals surface area contributed by atoms with Crippen molar-refractivity contribution in [3.8, 4) is 0 Å². The lowest BCUT2D eigenvalue weighted by Crippen LogP contribution is -2.14. The van der Waals surface area contributed by atoms with Crippen molar-refractivity contribution in [3.05, 3.63) is 70.6 Å². The maximum Gasteiger partial charge on any atom is 0.336 e. The molecule has 0 saturated carbocycles. The van der Waals surface area contributed by atoms with Crippen LogP contribution in [0.4, 0.5) is 5.69 Å². The van der Waals surface area contributed by atoms with Crippen molar-refractivity contribution in [1.82, 2.24) is 0 Å². The smallest absolute Gasteiger partial charge is 0.336 e. The number of anilines is 1. The van der Waals surface area contributed by atoms with Crippen LogP contribution >= 0.6 is 0 Å². The van der Waals surface area contributed by atoms with E-state index in [1.54, 1.807) is 36.4 Å². The Labute approximate surface area is 146 Å². The SMILES string of the molecule is CC(C)(C)c1ccc(S(=O)(=O)Nc2ccc3oc(=O)ccc3c2)cc1. The van der Waals surface area contributed by atoms with E-state index in [0.717, 1.165) is 5.56 Å². The average Bonchev–Trinajstić information content (AvgIpc) is 2.54. The third kappa shape index (κ3) is 3.74. The predicted octanol–water partition coefficient (Wildman–Crippen LogP) is 3.89. The van der Waals surface area contributed by atoms with Crippen LogP contribution in [0.15, 0.2) is 68.7 Å². The highest BCUT2D eigenvalue weighted by atomic mass is 32.2. The highest BCUT2D eigenvalue weighted by Gasteiger charge is 2.18. The van der Waals surface area contributed by atoms with Crippen LogP contribution in [-0.4, -0.2) is 8.42 Å². The van der Waals surface area contributed by atoms with E-state index in [4.69, 9.17) is 4.42 Å². The molecule has 0 spiro atoms. The van der Waals surface area contributed by atoms with Crippen LogP contribution in [0.25, 0.3) is 11.0 Å². The molecule has 0 aliphatic rings. The van der Waals surface area contributed by atoms with E-state index < -0.39 is 15.6 Å². The Balaban J connectivity index is 1.91. The van der Waals surface area contributed by atoms with Crippen molar-refractivity contribution in [3.63, 3.8) is 0 Å². The van der Waals surface area contributed by atoms with E-state index in [1.165, 1.54) is 6.07 Å². The fraction of sp³-hybridized carbons (Fsp3) is 0.211. The van der Waals surface area contributed by atoms with Gasteiger partial charge in [-0.05, 0) is 47.4 Å². The monoisotopic (exact) mass is 357 g/mol. The van der Waals surface area contributed by atoms with Gasteiger partial charge in [-0.25, -0.2) is 13.2 Å². The second-order valence-electron chi connectivity index (χ2n) is 6.89. The number of nitrogens with one attached hydrogen (secondary N) is 1. The zero-order chi connectivity index (χ0) is 18.2. The molecule has 0 fully saturated rings. The molecule has 0 saturated heterocycles. The highest BCUT2D eigenvalue weighted by Crippen LogP contribution is 2.25. The summed E-state index contributed by atoms with van der Waals surface area (Å²) in [6, 6.07) is 14.5. The molecular formula is C19H19NO4S. The van der Waals surface area contributed by atoms with Gasteiger partial charge in [0.15, 0.2) is 0 Å². The van der Waals surface area contributed by atoms with Gasteiger partial charge >= 0.3 is 5.63 Å². The summed E-state index contributed by atoms with van der Waals surface area (Å²) in [7, 11) is -3.69. The Morgan fingerprint density at radius 3 is 2.24 bits per heavy atom. The van der Waals surface area contributed by atoms with Gasteiger partial charge < -0.3 is 4.42 Å².